The van der Waals surface area contributed by atoms with Gasteiger partial charge in [0.15, 0.2) is 0 Å². The topological polar surface area (TPSA) is 72.5 Å². The molecule has 0 spiro atoms. The molecule has 1 aromatic heterocycles. The lowest BCUT2D eigenvalue weighted by molar-refractivity contribution is -0.0992. The molecule has 0 aliphatic rings. The van der Waals surface area contributed by atoms with Crippen LogP contribution in [0.3, 0.4) is 0 Å². The fourth-order valence-corrected chi connectivity index (χ4v) is 3.15. The van der Waals surface area contributed by atoms with Crippen molar-refractivity contribution in [1.29, 1.82) is 0 Å². The van der Waals surface area contributed by atoms with E-state index in [4.69, 9.17) is 12.2 Å². The number of ether oxygens (including phenoxy) is 1. The second-order valence-electron chi connectivity index (χ2n) is 7.28. The second-order valence-corrected chi connectivity index (χ2v) is 8.13. The zero-order valence-corrected chi connectivity index (χ0v) is 22.9. The maximum absolute atomic E-state index is 12.3. The van der Waals surface area contributed by atoms with Crippen LogP contribution in [-0.4, -0.2) is 50.6 Å². The molecule has 0 unspecified atom stereocenters. The number of alkyl halides is 3. The normalized spacial score (nSPS) is 12.4. The number of thioether (sulfide) groups is 1. The molecule has 0 amide bonds. The average Bonchev–Trinajstić information content (AvgIpc) is 2.88. The first kappa shape index (κ1) is 33.9. The molecule has 9 heteroatoms. The zero-order chi connectivity index (χ0) is 28.1. The van der Waals surface area contributed by atoms with Gasteiger partial charge in [-0.05, 0) is 61.7 Å². The Labute approximate surface area is 223 Å². The number of terminal acetylenes is 1. The van der Waals surface area contributed by atoms with E-state index in [1.165, 1.54) is 23.0 Å². The van der Waals surface area contributed by atoms with Crippen LogP contribution in [0.5, 0.6) is 0 Å². The lowest BCUT2D eigenvalue weighted by Crippen LogP contribution is -2.16. The highest BCUT2D eigenvalue weighted by molar-refractivity contribution is 8.07. The number of fused-ring (bicyclic) bond motifs is 1. The van der Waals surface area contributed by atoms with Gasteiger partial charge >= 0.3 is 6.18 Å². The van der Waals surface area contributed by atoms with Crippen molar-refractivity contribution in [2.75, 3.05) is 33.1 Å². The molecule has 0 atom stereocenters. The van der Waals surface area contributed by atoms with Crippen LogP contribution in [0.25, 0.3) is 15.7 Å². The van der Waals surface area contributed by atoms with Gasteiger partial charge in [-0.25, -0.2) is 0 Å². The Bertz CT molecular complexity index is 1090. The molecule has 0 fully saturated rings. The number of pyridine rings is 1. The largest absolute Gasteiger partial charge is 0.414 e. The molecule has 1 heterocycles. The quantitative estimate of drug-likeness (QED) is 0.164. The SMILES string of the molecule is C#C/C(C)=C\C/C=C(\COC)C(F)(F)F.CCN.CCN=CN/C=C(\SC)c1ccc2cnccc2c1. The van der Waals surface area contributed by atoms with Gasteiger partial charge in [0.05, 0.1) is 18.5 Å². The van der Waals surface area contributed by atoms with Crippen LogP contribution in [0.4, 0.5) is 13.2 Å². The minimum Gasteiger partial charge on any atom is -0.380 e. The molecule has 2 aromatic rings. The van der Waals surface area contributed by atoms with Crippen LogP contribution in [0.1, 0.15) is 32.8 Å². The van der Waals surface area contributed by atoms with Gasteiger partial charge in [-0.15, -0.1) is 18.2 Å². The minimum absolute atomic E-state index is 0.161. The van der Waals surface area contributed by atoms with E-state index in [-0.39, 0.29) is 6.42 Å². The monoisotopic (exact) mass is 534 g/mol. The van der Waals surface area contributed by atoms with E-state index in [1.807, 2.05) is 38.5 Å². The summed E-state index contributed by atoms with van der Waals surface area (Å²) in [5, 5.41) is 5.46. The Kier molecular flexibility index (Phi) is 18.4. The standard InChI is InChI=1S/C15H17N3S.C11H13F3O.C2H7N/c1-3-16-11-18-10-15(19-2)13-4-5-14-9-17-7-6-12(14)8-13;1-4-9(2)6-5-7-10(8-15-3)11(12,13)14;1-2-3/h4-11H,3H2,1-2H3,(H,16,18);1,6-7H,5,8H2,2-3H3;2-3H2,1H3/b15-10-;9-6-,10-7+;. The van der Waals surface area contributed by atoms with Crippen LogP contribution in [0.2, 0.25) is 0 Å². The Morgan fingerprint density at radius 2 is 1.95 bits per heavy atom. The number of hydrogen-bond donors (Lipinski definition) is 2. The highest BCUT2D eigenvalue weighted by Crippen LogP contribution is 2.27. The molecule has 1 aromatic carbocycles. The fourth-order valence-electron chi connectivity index (χ4n) is 2.60. The van der Waals surface area contributed by atoms with Crippen molar-refractivity contribution in [3.05, 3.63) is 71.7 Å². The molecular formula is C28H37F3N4OS. The fraction of sp³-hybridized carbons (Fsp3) is 0.357. The van der Waals surface area contributed by atoms with E-state index >= 15 is 0 Å². The lowest BCUT2D eigenvalue weighted by Gasteiger charge is -2.09. The van der Waals surface area contributed by atoms with Crippen molar-refractivity contribution in [2.45, 2.75) is 33.4 Å². The van der Waals surface area contributed by atoms with Crippen LogP contribution < -0.4 is 11.1 Å². The van der Waals surface area contributed by atoms with Crippen molar-refractivity contribution in [1.82, 2.24) is 10.3 Å². The predicted molar refractivity (Wildman–Crippen MR) is 153 cm³/mol. The summed E-state index contributed by atoms with van der Waals surface area (Å²) in [6, 6.07) is 8.42. The molecule has 37 heavy (non-hydrogen) atoms. The Morgan fingerprint density at radius 3 is 2.51 bits per heavy atom. The predicted octanol–water partition coefficient (Wildman–Crippen LogP) is 6.59. The van der Waals surface area contributed by atoms with Crippen LogP contribution in [0.15, 0.2) is 71.1 Å². The van der Waals surface area contributed by atoms with E-state index in [1.54, 1.807) is 31.1 Å². The number of methoxy groups -OCH3 is 1. The molecule has 0 bridgehead atoms. The van der Waals surface area contributed by atoms with Gasteiger partial charge in [-0.3, -0.25) is 9.98 Å². The molecule has 5 nitrogen and oxygen atoms in total. The number of nitrogens with two attached hydrogens (primary N) is 1. The van der Waals surface area contributed by atoms with E-state index in [0.29, 0.717) is 5.57 Å². The third-order valence-electron chi connectivity index (χ3n) is 4.39. The number of aromatic nitrogens is 1. The van der Waals surface area contributed by atoms with Crippen molar-refractivity contribution < 1.29 is 17.9 Å². The maximum atomic E-state index is 12.3. The maximum Gasteiger partial charge on any atom is 0.414 e. The lowest BCUT2D eigenvalue weighted by atomic mass is 10.1. The molecular weight excluding hydrogens is 497 g/mol. The van der Waals surface area contributed by atoms with E-state index in [0.717, 1.165) is 24.6 Å². The van der Waals surface area contributed by atoms with Crippen LogP contribution >= 0.6 is 11.8 Å². The summed E-state index contributed by atoms with van der Waals surface area (Å²) in [5.74, 6) is 2.33. The smallest absolute Gasteiger partial charge is 0.380 e. The molecule has 0 aliphatic carbocycles. The summed E-state index contributed by atoms with van der Waals surface area (Å²) in [6.45, 7) is 6.68. The van der Waals surface area contributed by atoms with Gasteiger partial charge < -0.3 is 15.8 Å². The number of halogens is 3. The van der Waals surface area contributed by atoms with Gasteiger partial charge in [0.25, 0.3) is 0 Å². The second kappa shape index (κ2) is 20.0. The van der Waals surface area contributed by atoms with Gasteiger partial charge in [0.1, 0.15) is 0 Å². The zero-order valence-electron chi connectivity index (χ0n) is 22.1. The summed E-state index contributed by atoms with van der Waals surface area (Å²) < 4.78 is 41.4. The molecule has 0 radical (unpaired) electrons. The molecule has 0 saturated carbocycles. The Hall–Kier alpha value is -3.06. The first-order valence-electron chi connectivity index (χ1n) is 11.6. The number of rotatable bonds is 9. The summed E-state index contributed by atoms with van der Waals surface area (Å²) in [5.41, 5.74) is 5.97. The first-order chi connectivity index (χ1) is 17.7. The summed E-state index contributed by atoms with van der Waals surface area (Å²) in [7, 11) is 1.22. The number of benzene rings is 1. The molecule has 2 rings (SSSR count). The van der Waals surface area contributed by atoms with Crippen molar-refractivity contribution in [2.24, 2.45) is 10.7 Å². The van der Waals surface area contributed by atoms with Gasteiger partial charge in [-0.1, -0.05) is 37.1 Å². The first-order valence-corrected chi connectivity index (χ1v) is 12.8. The van der Waals surface area contributed by atoms with Gasteiger partial charge in [0.2, 0.25) is 0 Å². The number of hydrogen-bond acceptors (Lipinski definition) is 5. The van der Waals surface area contributed by atoms with Crippen molar-refractivity contribution in [3.8, 4) is 12.3 Å². The summed E-state index contributed by atoms with van der Waals surface area (Å²) in [6.07, 6.45) is 13.0. The molecule has 3 N–H and O–H groups in total. The number of aliphatic imine (C=N–C) groups is 1. The van der Waals surface area contributed by atoms with Gasteiger partial charge in [0, 0.05) is 42.5 Å². The third-order valence-corrected chi connectivity index (χ3v) is 5.18. The number of nitrogens with one attached hydrogen (secondary N) is 1. The number of allylic oxidation sites excluding steroid dienone is 3. The highest BCUT2D eigenvalue weighted by Gasteiger charge is 2.32. The van der Waals surface area contributed by atoms with E-state index < -0.39 is 18.4 Å². The molecule has 0 saturated heterocycles. The minimum atomic E-state index is -4.34. The van der Waals surface area contributed by atoms with Crippen LogP contribution in [-0.2, 0) is 4.74 Å². The average molecular weight is 535 g/mol. The van der Waals surface area contributed by atoms with E-state index in [9.17, 15) is 13.2 Å². The Balaban J connectivity index is 0.000000650. The summed E-state index contributed by atoms with van der Waals surface area (Å²) >= 11 is 1.71. The third kappa shape index (κ3) is 14.9. The van der Waals surface area contributed by atoms with E-state index in [2.05, 4.69) is 50.4 Å². The Morgan fingerprint density at radius 1 is 1.24 bits per heavy atom. The molecule has 0 aliphatic heterocycles. The molecule has 202 valence electrons. The number of nitrogens with zero attached hydrogens (tertiary/aromatic N) is 2. The van der Waals surface area contributed by atoms with Crippen molar-refractivity contribution >= 4 is 33.8 Å². The highest BCUT2D eigenvalue weighted by atomic mass is 32.2. The van der Waals surface area contributed by atoms with Gasteiger partial charge in [-0.2, -0.15) is 13.2 Å². The van der Waals surface area contributed by atoms with Crippen LogP contribution in [0, 0.1) is 12.3 Å². The summed E-state index contributed by atoms with van der Waals surface area (Å²) in [4.78, 5) is 9.43. The van der Waals surface area contributed by atoms with Crippen molar-refractivity contribution in [3.63, 3.8) is 0 Å².